The molecule has 4 nitrogen and oxygen atoms in total. The lowest BCUT2D eigenvalue weighted by Gasteiger charge is -2.37. The number of amides is 1. The molecule has 23 heavy (non-hydrogen) atoms. The highest BCUT2D eigenvalue weighted by atomic mass is 32.2. The van der Waals surface area contributed by atoms with Crippen molar-refractivity contribution in [3.8, 4) is 0 Å². The predicted molar refractivity (Wildman–Crippen MR) is 96.8 cm³/mol. The molecule has 1 amide bonds. The molecule has 0 aliphatic carbocycles. The van der Waals surface area contributed by atoms with E-state index in [1.165, 1.54) is 0 Å². The van der Waals surface area contributed by atoms with Crippen LogP contribution in [0.1, 0.15) is 51.2 Å². The molecule has 5 heteroatoms. The number of nitrogens with zero attached hydrogens (tertiary/aromatic N) is 1. The van der Waals surface area contributed by atoms with Crippen LogP contribution in [0.4, 0.5) is 5.69 Å². The zero-order valence-corrected chi connectivity index (χ0v) is 15.6. The van der Waals surface area contributed by atoms with Gasteiger partial charge in [-0.1, -0.05) is 12.5 Å². The summed E-state index contributed by atoms with van der Waals surface area (Å²) in [6.45, 7) is 10.6. The number of nitrogens with one attached hydrogen (secondary N) is 1. The van der Waals surface area contributed by atoms with Gasteiger partial charge in [-0.25, -0.2) is 8.51 Å². The van der Waals surface area contributed by atoms with E-state index in [1.54, 1.807) is 0 Å². The van der Waals surface area contributed by atoms with Crippen molar-refractivity contribution < 1.29 is 9.00 Å². The Kier molecular flexibility index (Phi) is 5.63. The van der Waals surface area contributed by atoms with E-state index in [1.807, 2.05) is 51.1 Å². The van der Waals surface area contributed by atoms with Crippen LogP contribution in [-0.4, -0.2) is 31.8 Å². The van der Waals surface area contributed by atoms with E-state index in [-0.39, 0.29) is 16.7 Å². The molecule has 1 aromatic rings. The minimum absolute atomic E-state index is 0.0488. The smallest absolute Gasteiger partial charge is 0.242 e. The second kappa shape index (κ2) is 7.14. The Bertz CT molecular complexity index is 587. The van der Waals surface area contributed by atoms with Gasteiger partial charge in [-0.15, -0.1) is 0 Å². The molecule has 1 saturated heterocycles. The van der Waals surface area contributed by atoms with Crippen molar-refractivity contribution in [1.82, 2.24) is 4.31 Å². The minimum atomic E-state index is -1.17. The fraction of sp³-hybridized carbons (Fsp3) is 0.611. The molecule has 2 rings (SSSR count). The molecular formula is C18H28N2O2S. The summed E-state index contributed by atoms with van der Waals surface area (Å²) in [5.41, 5.74) is 3.07. The molecule has 1 aliphatic heterocycles. The Morgan fingerprint density at radius 1 is 1.17 bits per heavy atom. The lowest BCUT2D eigenvalue weighted by Crippen LogP contribution is -2.51. The van der Waals surface area contributed by atoms with Gasteiger partial charge in [-0.2, -0.15) is 0 Å². The molecule has 1 unspecified atom stereocenters. The third-order valence-corrected chi connectivity index (χ3v) is 5.89. The monoisotopic (exact) mass is 336 g/mol. The first-order chi connectivity index (χ1) is 10.7. The molecule has 1 fully saturated rings. The molecule has 0 spiro atoms. The number of piperidine rings is 1. The maximum Gasteiger partial charge on any atom is 0.242 e. The Hall–Kier alpha value is -1.20. The molecule has 0 saturated carbocycles. The van der Waals surface area contributed by atoms with Gasteiger partial charge in [0.1, 0.15) is 17.0 Å². The van der Waals surface area contributed by atoms with Crippen LogP contribution in [0, 0.1) is 13.8 Å². The quantitative estimate of drug-likeness (QED) is 0.917. The van der Waals surface area contributed by atoms with Gasteiger partial charge in [0.25, 0.3) is 0 Å². The fourth-order valence-corrected chi connectivity index (χ4v) is 4.42. The van der Waals surface area contributed by atoms with Crippen molar-refractivity contribution in [2.24, 2.45) is 0 Å². The summed E-state index contributed by atoms with van der Waals surface area (Å²) in [6, 6.07) is 5.71. The van der Waals surface area contributed by atoms with E-state index in [2.05, 4.69) is 11.4 Å². The summed E-state index contributed by atoms with van der Waals surface area (Å²) in [4.78, 5) is 12.7. The van der Waals surface area contributed by atoms with Crippen LogP contribution in [0.25, 0.3) is 0 Å². The van der Waals surface area contributed by atoms with Gasteiger partial charge in [0.15, 0.2) is 0 Å². The number of anilines is 1. The Balaban J connectivity index is 2.16. The van der Waals surface area contributed by atoms with Gasteiger partial charge < -0.3 is 5.32 Å². The average Bonchev–Trinajstić information content (AvgIpc) is 2.44. The number of carbonyl (C=O) groups is 1. The number of aryl methyl sites for hydroxylation is 2. The molecule has 2 atom stereocenters. The van der Waals surface area contributed by atoms with Crippen molar-refractivity contribution in [1.29, 1.82) is 0 Å². The van der Waals surface area contributed by atoms with Crippen LogP contribution in [0.2, 0.25) is 0 Å². The summed E-state index contributed by atoms with van der Waals surface area (Å²) in [6.07, 6.45) is 2.76. The first-order valence-electron chi connectivity index (χ1n) is 8.26. The number of rotatable bonds is 3. The standard InChI is InChI=1S/C18H28N2O2S/c1-13-10-14(2)12-15(11-13)19-17(21)16-8-6-7-9-20(16)23(22)18(3,4)5/h10-12,16H,6-9H2,1-5H3,(H,19,21)/t16-,23?/m0/s1. The van der Waals surface area contributed by atoms with Crippen LogP contribution in [0.15, 0.2) is 18.2 Å². The van der Waals surface area contributed by atoms with Crippen molar-refractivity contribution in [3.63, 3.8) is 0 Å². The lowest BCUT2D eigenvalue weighted by atomic mass is 10.0. The highest BCUT2D eigenvalue weighted by molar-refractivity contribution is 7.84. The number of benzene rings is 1. The van der Waals surface area contributed by atoms with Gasteiger partial charge in [0.2, 0.25) is 5.91 Å². The van der Waals surface area contributed by atoms with Gasteiger partial charge in [0.05, 0.1) is 4.75 Å². The number of hydrogen-bond acceptors (Lipinski definition) is 2. The molecule has 0 bridgehead atoms. The van der Waals surface area contributed by atoms with Gasteiger partial charge in [0, 0.05) is 12.2 Å². The maximum atomic E-state index is 12.8. The number of carbonyl (C=O) groups excluding carboxylic acids is 1. The highest BCUT2D eigenvalue weighted by Crippen LogP contribution is 2.26. The Morgan fingerprint density at radius 3 is 2.35 bits per heavy atom. The van der Waals surface area contributed by atoms with E-state index in [0.717, 1.165) is 42.6 Å². The van der Waals surface area contributed by atoms with Gasteiger partial charge in [-0.3, -0.25) is 4.79 Å². The van der Waals surface area contributed by atoms with E-state index in [0.29, 0.717) is 0 Å². The fourth-order valence-electron chi connectivity index (χ4n) is 2.99. The van der Waals surface area contributed by atoms with E-state index >= 15 is 0 Å². The molecule has 128 valence electrons. The third kappa shape index (κ3) is 4.64. The summed E-state index contributed by atoms with van der Waals surface area (Å²) in [7, 11) is -1.17. The lowest BCUT2D eigenvalue weighted by molar-refractivity contribution is -0.120. The van der Waals surface area contributed by atoms with Crippen molar-refractivity contribution in [3.05, 3.63) is 29.3 Å². The SMILES string of the molecule is Cc1cc(C)cc(NC(=O)[C@@H]2CCCCN2S(=O)C(C)(C)C)c1. The van der Waals surface area contributed by atoms with Gasteiger partial charge in [-0.05, 0) is 70.7 Å². The number of hydrogen-bond donors (Lipinski definition) is 1. The first kappa shape index (κ1) is 18.1. The van der Waals surface area contributed by atoms with Crippen LogP contribution in [0.5, 0.6) is 0 Å². The van der Waals surface area contributed by atoms with Crippen molar-refractivity contribution >= 4 is 22.6 Å². The van der Waals surface area contributed by atoms with Crippen LogP contribution in [-0.2, 0) is 15.8 Å². The molecule has 1 aromatic carbocycles. The van der Waals surface area contributed by atoms with E-state index in [4.69, 9.17) is 0 Å². The average molecular weight is 337 g/mol. The third-order valence-electron chi connectivity index (χ3n) is 3.98. The predicted octanol–water partition coefficient (Wildman–Crippen LogP) is 3.56. The van der Waals surface area contributed by atoms with Gasteiger partial charge >= 0.3 is 0 Å². The molecule has 1 N–H and O–H groups in total. The second-order valence-corrected chi connectivity index (χ2v) is 9.57. The molecular weight excluding hydrogens is 308 g/mol. The summed E-state index contributed by atoms with van der Waals surface area (Å²) >= 11 is 0. The van der Waals surface area contributed by atoms with Crippen molar-refractivity contribution in [2.45, 2.75) is 64.7 Å². The molecule has 1 heterocycles. The normalized spacial score (nSPS) is 21.0. The largest absolute Gasteiger partial charge is 0.325 e. The summed E-state index contributed by atoms with van der Waals surface area (Å²) < 4.78 is 14.3. The highest BCUT2D eigenvalue weighted by Gasteiger charge is 2.36. The second-order valence-electron chi connectivity index (χ2n) is 7.38. The zero-order valence-electron chi connectivity index (χ0n) is 14.8. The zero-order chi connectivity index (χ0) is 17.2. The molecule has 0 aromatic heterocycles. The van der Waals surface area contributed by atoms with Crippen molar-refractivity contribution in [2.75, 3.05) is 11.9 Å². The Morgan fingerprint density at radius 2 is 1.78 bits per heavy atom. The first-order valence-corrected chi connectivity index (χ1v) is 9.37. The summed E-state index contributed by atoms with van der Waals surface area (Å²) in [5.74, 6) is -0.0488. The maximum absolute atomic E-state index is 12.8. The molecule has 0 radical (unpaired) electrons. The van der Waals surface area contributed by atoms with E-state index in [9.17, 15) is 9.00 Å². The topological polar surface area (TPSA) is 49.4 Å². The molecule has 1 aliphatic rings. The Labute approximate surface area is 142 Å². The summed E-state index contributed by atoms with van der Waals surface area (Å²) in [5, 5.41) is 3.01. The van der Waals surface area contributed by atoms with E-state index < -0.39 is 11.0 Å². The minimum Gasteiger partial charge on any atom is -0.325 e. The van der Waals surface area contributed by atoms with Crippen LogP contribution < -0.4 is 5.32 Å². The van der Waals surface area contributed by atoms with Crippen LogP contribution in [0.3, 0.4) is 0 Å². The van der Waals surface area contributed by atoms with Crippen LogP contribution >= 0.6 is 0 Å².